The third kappa shape index (κ3) is 5.46. The second-order valence-electron chi connectivity index (χ2n) is 7.72. The lowest BCUT2D eigenvalue weighted by Gasteiger charge is -2.25. The van der Waals surface area contributed by atoms with Crippen LogP contribution in [0.15, 0.2) is 29.5 Å². The fourth-order valence-electron chi connectivity index (χ4n) is 3.03. The Kier molecular flexibility index (Phi) is 6.26. The summed E-state index contributed by atoms with van der Waals surface area (Å²) in [6.07, 6.45) is 6.92. The summed E-state index contributed by atoms with van der Waals surface area (Å²) < 4.78 is 19.7. The normalized spacial score (nSPS) is 19.8. The highest BCUT2D eigenvalue weighted by atomic mass is 19.1. The van der Waals surface area contributed by atoms with Crippen molar-refractivity contribution in [3.05, 3.63) is 35.9 Å². The average Bonchev–Trinajstić information content (AvgIpc) is 3.51. The van der Waals surface area contributed by atoms with E-state index in [2.05, 4.69) is 30.6 Å². The van der Waals surface area contributed by atoms with E-state index in [1.807, 2.05) is 0 Å². The van der Waals surface area contributed by atoms with Gasteiger partial charge in [-0.1, -0.05) is 0 Å². The molecule has 0 aromatic carbocycles. The van der Waals surface area contributed by atoms with Crippen LogP contribution in [0.4, 0.5) is 21.8 Å². The number of nitrogens with zero attached hydrogens (tertiary/aromatic N) is 4. The maximum absolute atomic E-state index is 13.6. The monoisotopic (exact) mass is 426 g/mol. The number of hydrogen-bond acceptors (Lipinski definition) is 9. The van der Waals surface area contributed by atoms with Crippen molar-refractivity contribution in [2.75, 3.05) is 24.1 Å². The van der Waals surface area contributed by atoms with Crippen LogP contribution in [0.1, 0.15) is 43.7 Å². The molecule has 31 heavy (non-hydrogen) atoms. The first-order valence-corrected chi connectivity index (χ1v) is 10.4. The maximum atomic E-state index is 13.6. The minimum atomic E-state index is -1.33. The summed E-state index contributed by atoms with van der Waals surface area (Å²) in [5.74, 6) is 1.68. The van der Waals surface area contributed by atoms with E-state index in [1.54, 1.807) is 18.5 Å². The Bertz CT molecular complexity index is 985. The highest BCUT2D eigenvalue weighted by Crippen LogP contribution is 2.33. The number of hydrogen-bond donors (Lipinski definition) is 4. The van der Waals surface area contributed by atoms with Gasteiger partial charge in [-0.15, -0.1) is 0 Å². The minimum absolute atomic E-state index is 0.0130. The van der Waals surface area contributed by atoms with E-state index in [-0.39, 0.29) is 17.7 Å². The highest BCUT2D eigenvalue weighted by Gasteiger charge is 2.25. The van der Waals surface area contributed by atoms with E-state index in [0.717, 1.165) is 36.9 Å². The standard InChI is InChI=1S/C21H27FN8O/c1-12(22)21-28-18(24)7-20(30-21)29-19-6-17(31-15-2-3-15)16(11-27-19)13(8-23)9-25-10-14-4-5-26-14/h6-9,11-12,14-15,26H,2-5,10,23H2,1H3,(H3,24,27,28,29,30)/b13-8+,25-9?. The van der Waals surface area contributed by atoms with Crippen LogP contribution in [0, 0.1) is 0 Å². The van der Waals surface area contributed by atoms with Crippen LogP contribution in [0.5, 0.6) is 5.75 Å². The smallest absolute Gasteiger partial charge is 0.166 e. The molecule has 9 nitrogen and oxygen atoms in total. The van der Waals surface area contributed by atoms with E-state index in [0.29, 0.717) is 30.0 Å². The summed E-state index contributed by atoms with van der Waals surface area (Å²) in [7, 11) is 0. The molecule has 2 aliphatic rings. The van der Waals surface area contributed by atoms with Crippen molar-refractivity contribution < 1.29 is 9.13 Å². The fraction of sp³-hybridized carbons (Fsp3) is 0.429. The van der Waals surface area contributed by atoms with Gasteiger partial charge in [0.15, 0.2) is 12.0 Å². The lowest BCUT2D eigenvalue weighted by molar-refractivity contribution is 0.302. The molecule has 10 heteroatoms. The van der Waals surface area contributed by atoms with Gasteiger partial charge in [-0.2, -0.15) is 0 Å². The molecule has 0 radical (unpaired) electrons. The van der Waals surface area contributed by atoms with Gasteiger partial charge in [0.25, 0.3) is 0 Å². The number of nitrogen functional groups attached to an aromatic ring is 1. The number of nitrogens with two attached hydrogens (primary N) is 2. The number of aromatic nitrogens is 3. The number of halogens is 1. The van der Waals surface area contributed by atoms with E-state index in [1.165, 1.54) is 19.2 Å². The molecule has 2 aromatic heterocycles. The second-order valence-corrected chi connectivity index (χ2v) is 7.72. The maximum Gasteiger partial charge on any atom is 0.166 e. The number of allylic oxidation sites excluding steroid dienone is 1. The zero-order valence-electron chi connectivity index (χ0n) is 17.4. The molecule has 1 saturated heterocycles. The van der Waals surface area contributed by atoms with Crippen molar-refractivity contribution in [2.24, 2.45) is 10.7 Å². The predicted octanol–water partition coefficient (Wildman–Crippen LogP) is 2.50. The van der Waals surface area contributed by atoms with Crippen LogP contribution >= 0.6 is 0 Å². The number of rotatable bonds is 9. The molecule has 6 N–H and O–H groups in total. The first kappa shape index (κ1) is 21.0. The van der Waals surface area contributed by atoms with Gasteiger partial charge >= 0.3 is 0 Å². The van der Waals surface area contributed by atoms with Gasteiger partial charge in [-0.05, 0) is 32.7 Å². The topological polar surface area (TPSA) is 136 Å². The molecule has 3 heterocycles. The van der Waals surface area contributed by atoms with Crippen LogP contribution < -0.4 is 26.8 Å². The molecular formula is C21H27FN8O. The first-order valence-electron chi connectivity index (χ1n) is 10.4. The van der Waals surface area contributed by atoms with Gasteiger partial charge in [0, 0.05) is 47.9 Å². The molecule has 0 amide bonds. The van der Waals surface area contributed by atoms with Crippen LogP contribution in [-0.2, 0) is 0 Å². The molecule has 2 atom stereocenters. The van der Waals surface area contributed by atoms with Crippen molar-refractivity contribution in [1.82, 2.24) is 20.3 Å². The zero-order valence-corrected chi connectivity index (χ0v) is 17.4. The Labute approximate surface area is 180 Å². The summed E-state index contributed by atoms with van der Waals surface area (Å²) in [6.45, 7) is 3.10. The number of pyridine rings is 1. The fourth-order valence-corrected chi connectivity index (χ4v) is 3.03. The Morgan fingerprint density at radius 1 is 1.35 bits per heavy atom. The van der Waals surface area contributed by atoms with Crippen molar-refractivity contribution in [2.45, 2.75) is 44.5 Å². The van der Waals surface area contributed by atoms with Crippen molar-refractivity contribution in [3.8, 4) is 5.75 Å². The summed E-state index contributed by atoms with van der Waals surface area (Å²) >= 11 is 0. The number of nitrogens with one attached hydrogen (secondary N) is 2. The number of anilines is 3. The van der Waals surface area contributed by atoms with Crippen molar-refractivity contribution in [3.63, 3.8) is 0 Å². The average molecular weight is 427 g/mol. The van der Waals surface area contributed by atoms with Crippen LogP contribution in [0.25, 0.3) is 5.57 Å². The molecule has 164 valence electrons. The Morgan fingerprint density at radius 2 is 2.16 bits per heavy atom. The van der Waals surface area contributed by atoms with E-state index >= 15 is 0 Å². The number of alkyl halides is 1. The Balaban J connectivity index is 1.56. The molecule has 0 bridgehead atoms. The van der Waals surface area contributed by atoms with Crippen molar-refractivity contribution in [1.29, 1.82) is 0 Å². The summed E-state index contributed by atoms with van der Waals surface area (Å²) in [4.78, 5) is 17.0. The minimum Gasteiger partial charge on any atom is -0.490 e. The van der Waals surface area contributed by atoms with Crippen LogP contribution in [-0.4, -0.2) is 46.4 Å². The molecule has 1 aliphatic carbocycles. The molecule has 1 aliphatic heterocycles. The number of ether oxygens (including phenoxy) is 1. The third-order valence-electron chi connectivity index (χ3n) is 5.03. The summed E-state index contributed by atoms with van der Waals surface area (Å²) in [5, 5.41) is 6.37. The molecule has 0 spiro atoms. The predicted molar refractivity (Wildman–Crippen MR) is 119 cm³/mol. The summed E-state index contributed by atoms with van der Waals surface area (Å²) in [6, 6.07) is 3.73. The quantitative estimate of drug-likeness (QED) is 0.449. The van der Waals surface area contributed by atoms with Crippen molar-refractivity contribution >= 4 is 29.2 Å². The summed E-state index contributed by atoms with van der Waals surface area (Å²) in [5.41, 5.74) is 13.1. The van der Waals surface area contributed by atoms with E-state index in [9.17, 15) is 4.39 Å². The second kappa shape index (κ2) is 9.25. The van der Waals surface area contributed by atoms with Crippen LogP contribution in [0.2, 0.25) is 0 Å². The lowest BCUT2D eigenvalue weighted by atomic mass is 10.1. The number of aliphatic imine (C=N–C) groups is 1. The molecule has 2 fully saturated rings. The zero-order chi connectivity index (χ0) is 21.8. The highest BCUT2D eigenvalue weighted by molar-refractivity contribution is 6.10. The molecule has 2 aromatic rings. The van der Waals surface area contributed by atoms with Crippen LogP contribution in [0.3, 0.4) is 0 Å². The first-order chi connectivity index (χ1) is 15.0. The molecule has 2 unspecified atom stereocenters. The molecule has 1 saturated carbocycles. The Morgan fingerprint density at radius 3 is 2.81 bits per heavy atom. The molecular weight excluding hydrogens is 399 g/mol. The van der Waals surface area contributed by atoms with E-state index < -0.39 is 6.17 Å². The van der Waals surface area contributed by atoms with Gasteiger partial charge in [0.2, 0.25) is 0 Å². The van der Waals surface area contributed by atoms with Gasteiger partial charge in [0.05, 0.1) is 12.6 Å². The van der Waals surface area contributed by atoms with Gasteiger partial charge in [0.1, 0.15) is 23.2 Å². The largest absolute Gasteiger partial charge is 0.490 e. The van der Waals surface area contributed by atoms with Gasteiger partial charge in [-0.25, -0.2) is 19.3 Å². The lowest BCUT2D eigenvalue weighted by Crippen LogP contribution is -2.44. The van der Waals surface area contributed by atoms with Gasteiger partial charge in [-0.3, -0.25) is 4.99 Å². The molecule has 4 rings (SSSR count). The van der Waals surface area contributed by atoms with E-state index in [4.69, 9.17) is 16.2 Å². The third-order valence-corrected chi connectivity index (χ3v) is 5.03. The van der Waals surface area contributed by atoms with Gasteiger partial charge < -0.3 is 26.8 Å². The SMILES string of the molecule is CC(F)c1nc(N)cc(Nc2cc(OC3CC3)c(/C(C=NCC3CCN3)=C/N)cn2)n1. The Hall–Kier alpha value is -3.27.